The van der Waals surface area contributed by atoms with E-state index in [0.29, 0.717) is 22.8 Å². The predicted octanol–water partition coefficient (Wildman–Crippen LogP) is -0.333. The largest absolute Gasteiger partial charge is 1.00 e. The van der Waals surface area contributed by atoms with Crippen LogP contribution in [0.15, 0.2) is 12.1 Å². The molecule has 4 nitrogen and oxygen atoms in total. The number of benzene rings is 1. The van der Waals surface area contributed by atoms with Crippen LogP contribution in [-0.4, -0.2) is 33.0 Å². The number of ether oxygens (including phenoxy) is 3. The fourth-order valence-electron chi connectivity index (χ4n) is 1.48. The van der Waals surface area contributed by atoms with Crippen molar-refractivity contribution in [3.05, 3.63) is 17.7 Å². The van der Waals surface area contributed by atoms with Gasteiger partial charge in [0.25, 0.3) is 0 Å². The minimum absolute atomic E-state index is 0. The molecule has 1 aromatic rings. The van der Waals surface area contributed by atoms with Gasteiger partial charge in [-0.05, 0) is 14.7 Å². The van der Waals surface area contributed by atoms with Crippen molar-refractivity contribution in [2.45, 2.75) is 6.92 Å². The van der Waals surface area contributed by atoms with E-state index >= 15 is 0 Å². The number of methoxy groups -OCH3 is 3. The smallest absolute Gasteiger partial charge is 1.00 e. The van der Waals surface area contributed by atoms with Crippen molar-refractivity contribution >= 4 is 14.1 Å². The van der Waals surface area contributed by atoms with Gasteiger partial charge in [0.15, 0.2) is 5.52 Å². The second kappa shape index (κ2) is 8.42. The van der Waals surface area contributed by atoms with Crippen molar-refractivity contribution in [1.82, 2.24) is 0 Å². The van der Waals surface area contributed by atoms with E-state index < -0.39 is 0 Å². The van der Waals surface area contributed by atoms with Gasteiger partial charge in [0.1, 0.15) is 22.8 Å². The summed E-state index contributed by atoms with van der Waals surface area (Å²) >= 11 is 0. The first-order valence-electron chi connectivity index (χ1n) is 5.26. The fourth-order valence-corrected chi connectivity index (χ4v) is 2.22. The minimum Gasteiger partial charge on any atom is -1.00 e. The van der Waals surface area contributed by atoms with Crippen LogP contribution in [0.3, 0.4) is 0 Å². The van der Waals surface area contributed by atoms with Gasteiger partial charge in [-0.3, -0.25) is 4.79 Å². The Labute approximate surface area is 123 Å². The van der Waals surface area contributed by atoms with Crippen molar-refractivity contribution in [3.63, 3.8) is 0 Å². The van der Waals surface area contributed by atoms with E-state index in [9.17, 15) is 4.79 Å². The van der Waals surface area contributed by atoms with Gasteiger partial charge in [-0.1, -0.05) is 6.92 Å². The van der Waals surface area contributed by atoms with E-state index in [1.807, 2.05) is 6.92 Å². The van der Waals surface area contributed by atoms with Crippen LogP contribution in [0, 0.1) is 0 Å². The Kier molecular flexibility index (Phi) is 8.11. The zero-order valence-electron chi connectivity index (χ0n) is 12.5. The molecule has 18 heavy (non-hydrogen) atoms. The first-order chi connectivity index (χ1) is 8.17. The molecule has 0 spiro atoms. The molecule has 0 aromatic heterocycles. The van der Waals surface area contributed by atoms with Gasteiger partial charge in [-0.25, -0.2) is 0 Å². The monoisotopic (exact) mass is 264 g/mol. The molecule has 0 amide bonds. The van der Waals surface area contributed by atoms with Crippen LogP contribution in [0.5, 0.6) is 17.2 Å². The van der Waals surface area contributed by atoms with Gasteiger partial charge in [-0.2, -0.15) is 0 Å². The van der Waals surface area contributed by atoms with Crippen LogP contribution in [0.2, 0.25) is 0 Å². The molecule has 0 aliphatic heterocycles. The molecule has 0 saturated carbocycles. The maximum atomic E-state index is 12.0. The third kappa shape index (κ3) is 3.92. The first-order valence-corrected chi connectivity index (χ1v) is 6.46. The summed E-state index contributed by atoms with van der Waals surface area (Å²) in [5.74, 6) is 1.59. The fraction of sp³-hybridized carbons (Fsp3) is 0.417. The molecule has 0 aliphatic carbocycles. The van der Waals surface area contributed by atoms with Crippen LogP contribution in [-0.2, 0) is 0 Å². The molecule has 0 saturated heterocycles. The number of carbonyl (C=O) groups is 1. The molecule has 1 unspecified atom stereocenters. The van der Waals surface area contributed by atoms with E-state index in [-0.39, 0.29) is 34.4 Å². The van der Waals surface area contributed by atoms with Crippen molar-refractivity contribution in [3.8, 4) is 17.2 Å². The average molecular weight is 264 g/mol. The normalized spacial score (nSPS) is 10.0. The van der Waals surface area contributed by atoms with Crippen molar-refractivity contribution in [2.24, 2.45) is 0 Å². The second-order valence-corrected chi connectivity index (χ2v) is 4.78. The van der Waals surface area contributed by atoms with Crippen LogP contribution in [0.25, 0.3) is 0 Å². The molecule has 96 valence electrons. The Balaban J connectivity index is 0. The van der Waals surface area contributed by atoms with E-state index in [2.05, 4.69) is 0 Å². The predicted molar refractivity (Wildman–Crippen MR) is 70.4 cm³/mol. The van der Waals surface area contributed by atoms with E-state index in [1.54, 1.807) is 19.2 Å². The third-order valence-corrected chi connectivity index (χ3v) is 3.20. The maximum Gasteiger partial charge on any atom is 1.00 e. The number of hydrogen-bond donors (Lipinski definition) is 0. The van der Waals surface area contributed by atoms with Crippen LogP contribution >= 0.6 is 8.58 Å². The zero-order valence-corrected chi connectivity index (χ0v) is 12.5. The van der Waals surface area contributed by atoms with Crippen LogP contribution in [0.4, 0.5) is 0 Å². The second-order valence-electron chi connectivity index (χ2n) is 3.27. The minimum atomic E-state index is 0. The quantitative estimate of drug-likeness (QED) is 0.521. The molecule has 0 N–H and O–H groups in total. The van der Waals surface area contributed by atoms with Crippen LogP contribution < -0.4 is 33.1 Å². The molecular weight excluding hydrogens is 246 g/mol. The summed E-state index contributed by atoms with van der Waals surface area (Å²) in [5.41, 5.74) is 0.542. The molecular formula is C12H18LiO4P. The molecule has 0 fully saturated rings. The zero-order chi connectivity index (χ0) is 12.8. The van der Waals surface area contributed by atoms with Crippen molar-refractivity contribution in [2.75, 3.05) is 27.5 Å². The van der Waals surface area contributed by atoms with E-state index in [0.717, 1.165) is 6.16 Å². The van der Waals surface area contributed by atoms with Gasteiger partial charge >= 0.3 is 18.9 Å². The topological polar surface area (TPSA) is 44.8 Å². The molecule has 0 bridgehead atoms. The summed E-state index contributed by atoms with van der Waals surface area (Å²) in [7, 11) is 4.84. The summed E-state index contributed by atoms with van der Waals surface area (Å²) in [5, 5.41) is 0. The Morgan fingerprint density at radius 1 is 1.17 bits per heavy atom. The summed E-state index contributed by atoms with van der Waals surface area (Å²) in [6.07, 6.45) is 0.817. The van der Waals surface area contributed by atoms with Crippen molar-refractivity contribution in [1.29, 1.82) is 0 Å². The van der Waals surface area contributed by atoms with E-state index in [1.165, 1.54) is 14.2 Å². The molecule has 1 rings (SSSR count). The molecule has 0 radical (unpaired) electrons. The number of hydrogen-bond acceptors (Lipinski definition) is 4. The molecule has 1 atom stereocenters. The van der Waals surface area contributed by atoms with Gasteiger partial charge < -0.3 is 15.6 Å². The van der Waals surface area contributed by atoms with Gasteiger partial charge in [0, 0.05) is 12.1 Å². The summed E-state index contributed by atoms with van der Waals surface area (Å²) < 4.78 is 15.6. The van der Waals surface area contributed by atoms with Crippen LogP contribution in [0.1, 0.15) is 18.7 Å². The van der Waals surface area contributed by atoms with Crippen molar-refractivity contribution < 1.29 is 39.3 Å². The SMILES string of the molecule is CCPC(=O)c1c(OC)cc(OC)cc1OC.[H-].[Li+]. The number of rotatable bonds is 6. The molecule has 0 heterocycles. The standard InChI is InChI=1S/C12H17O4P.Li.H/c1-5-17-12(13)11-9(15-3)6-8(14-2)7-10(11)16-4;;/h6-7,17H,5H2,1-4H3;;/q;+1;-1. The third-order valence-electron chi connectivity index (χ3n) is 2.28. The average Bonchev–Trinajstić information content (AvgIpc) is 2.37. The summed E-state index contributed by atoms with van der Waals surface area (Å²) in [6, 6.07) is 3.38. The Hall–Kier alpha value is -0.683. The Bertz CT molecular complexity index is 390. The Morgan fingerprint density at radius 2 is 1.67 bits per heavy atom. The summed E-state index contributed by atoms with van der Waals surface area (Å²) in [6.45, 7) is 1.97. The Morgan fingerprint density at radius 3 is 2.00 bits per heavy atom. The molecule has 6 heteroatoms. The molecule has 1 aromatic carbocycles. The first kappa shape index (κ1) is 17.3. The number of carbonyl (C=O) groups excluding carboxylic acids is 1. The van der Waals surface area contributed by atoms with E-state index in [4.69, 9.17) is 14.2 Å². The maximum absolute atomic E-state index is 12.0. The van der Waals surface area contributed by atoms with Gasteiger partial charge in [0.05, 0.1) is 21.3 Å². The van der Waals surface area contributed by atoms with Gasteiger partial charge in [0.2, 0.25) is 0 Å². The summed E-state index contributed by atoms with van der Waals surface area (Å²) in [4.78, 5) is 12.0. The molecule has 0 aliphatic rings. The van der Waals surface area contributed by atoms with Gasteiger partial charge in [-0.15, -0.1) is 0 Å².